The summed E-state index contributed by atoms with van der Waals surface area (Å²) in [4.78, 5) is 17.9. The zero-order chi connectivity index (χ0) is 23.6. The summed E-state index contributed by atoms with van der Waals surface area (Å²) in [7, 11) is -2.06. The fourth-order valence-corrected chi connectivity index (χ4v) is 6.50. The summed E-state index contributed by atoms with van der Waals surface area (Å²) in [5.41, 5.74) is 0.786. The van der Waals surface area contributed by atoms with Crippen LogP contribution in [0.1, 0.15) is 12.8 Å². The molecular weight excluding hydrogens is 489 g/mol. The number of halogens is 2. The van der Waals surface area contributed by atoms with Crippen molar-refractivity contribution in [1.82, 2.24) is 8.87 Å². The van der Waals surface area contributed by atoms with E-state index in [1.165, 1.54) is 39.9 Å². The third kappa shape index (κ3) is 5.20. The van der Waals surface area contributed by atoms with Gasteiger partial charge in [-0.15, -0.1) is 0 Å². The number of carbonyl (C=O) groups excluding carboxylic acids is 1. The second-order valence-corrected chi connectivity index (χ2v) is 11.1. The average molecular weight is 512 g/mol. The molecule has 0 atom stereocenters. The van der Waals surface area contributed by atoms with Crippen LogP contribution in [0.5, 0.6) is 0 Å². The van der Waals surface area contributed by atoms with E-state index in [1.807, 2.05) is 4.57 Å². The van der Waals surface area contributed by atoms with Crippen LogP contribution in [0.25, 0.3) is 10.2 Å². The highest BCUT2D eigenvalue weighted by molar-refractivity contribution is 7.89. The molecule has 0 N–H and O–H groups in total. The van der Waals surface area contributed by atoms with Crippen LogP contribution in [-0.4, -0.2) is 50.0 Å². The van der Waals surface area contributed by atoms with E-state index >= 15 is 0 Å². The van der Waals surface area contributed by atoms with Gasteiger partial charge in [0.15, 0.2) is 4.80 Å². The van der Waals surface area contributed by atoms with Gasteiger partial charge in [0, 0.05) is 37.7 Å². The molecule has 0 aliphatic carbocycles. The molecule has 1 fully saturated rings. The van der Waals surface area contributed by atoms with Crippen molar-refractivity contribution >= 4 is 49.1 Å². The molecule has 0 unspecified atom stereocenters. The molecule has 0 spiro atoms. The number of hydrogen-bond acceptors (Lipinski definition) is 5. The lowest BCUT2D eigenvalue weighted by atomic mass is 9.98. The van der Waals surface area contributed by atoms with Gasteiger partial charge in [-0.3, -0.25) is 4.79 Å². The molecule has 33 heavy (non-hydrogen) atoms. The first-order valence-electron chi connectivity index (χ1n) is 10.4. The Morgan fingerprint density at radius 3 is 2.58 bits per heavy atom. The van der Waals surface area contributed by atoms with Crippen molar-refractivity contribution in [3.05, 3.63) is 58.1 Å². The number of piperidine rings is 1. The zero-order valence-electron chi connectivity index (χ0n) is 17.9. The minimum Gasteiger partial charge on any atom is -0.383 e. The lowest BCUT2D eigenvalue weighted by molar-refractivity contribution is -0.122. The number of aromatic nitrogens is 1. The summed E-state index contributed by atoms with van der Waals surface area (Å²) in [5, 5.41) is 0.464. The number of ether oxygens (including phenoxy) is 1. The van der Waals surface area contributed by atoms with Crippen molar-refractivity contribution in [2.24, 2.45) is 10.9 Å². The van der Waals surface area contributed by atoms with E-state index in [9.17, 15) is 17.6 Å². The topological polar surface area (TPSA) is 81.0 Å². The van der Waals surface area contributed by atoms with Crippen LogP contribution < -0.4 is 4.80 Å². The molecule has 176 valence electrons. The highest BCUT2D eigenvalue weighted by Gasteiger charge is 2.32. The van der Waals surface area contributed by atoms with Crippen LogP contribution in [0.15, 0.2) is 52.4 Å². The molecule has 3 aromatic rings. The highest BCUT2D eigenvalue weighted by Crippen LogP contribution is 2.26. The fraction of sp³-hybridized carbons (Fsp3) is 0.364. The first kappa shape index (κ1) is 24.0. The summed E-state index contributed by atoms with van der Waals surface area (Å²) in [6, 6.07) is 10.5. The van der Waals surface area contributed by atoms with E-state index < -0.39 is 10.0 Å². The predicted molar refractivity (Wildman–Crippen MR) is 125 cm³/mol. The quantitative estimate of drug-likeness (QED) is 0.505. The number of carbonyl (C=O) groups is 1. The minimum atomic E-state index is -3.64. The monoisotopic (exact) mass is 511 g/mol. The first-order valence-corrected chi connectivity index (χ1v) is 13.0. The minimum absolute atomic E-state index is 0.179. The first-order chi connectivity index (χ1) is 15.8. The van der Waals surface area contributed by atoms with E-state index in [-0.39, 0.29) is 35.6 Å². The largest absolute Gasteiger partial charge is 0.383 e. The number of sulfonamides is 1. The van der Waals surface area contributed by atoms with Crippen LogP contribution in [0.2, 0.25) is 5.02 Å². The fourth-order valence-electron chi connectivity index (χ4n) is 3.82. The van der Waals surface area contributed by atoms with Gasteiger partial charge in [0.05, 0.1) is 21.7 Å². The molecule has 2 heterocycles. The Bertz CT molecular complexity index is 1330. The Morgan fingerprint density at radius 1 is 1.21 bits per heavy atom. The maximum Gasteiger partial charge on any atom is 0.251 e. The smallest absolute Gasteiger partial charge is 0.251 e. The summed E-state index contributed by atoms with van der Waals surface area (Å²) in [6.45, 7) is 1.37. The van der Waals surface area contributed by atoms with Gasteiger partial charge in [-0.05, 0) is 55.3 Å². The van der Waals surface area contributed by atoms with E-state index in [0.717, 1.165) is 5.52 Å². The van der Waals surface area contributed by atoms with E-state index in [1.54, 1.807) is 25.3 Å². The van der Waals surface area contributed by atoms with Crippen LogP contribution >= 0.6 is 22.9 Å². The SMILES string of the molecule is COCCn1c(=NC(=O)C2CCN(S(=O)(=O)c3ccc(Cl)cc3)CC2)sc2cc(F)ccc21. The van der Waals surface area contributed by atoms with E-state index in [4.69, 9.17) is 16.3 Å². The number of amides is 1. The van der Waals surface area contributed by atoms with Crippen LogP contribution in [0, 0.1) is 11.7 Å². The number of thiazole rings is 1. The van der Waals surface area contributed by atoms with Crippen molar-refractivity contribution in [2.45, 2.75) is 24.3 Å². The average Bonchev–Trinajstić information content (AvgIpc) is 3.13. The van der Waals surface area contributed by atoms with Crippen LogP contribution in [0.3, 0.4) is 0 Å². The van der Waals surface area contributed by atoms with Gasteiger partial charge in [0.25, 0.3) is 5.91 Å². The number of rotatable bonds is 6. The molecule has 1 amide bonds. The van der Waals surface area contributed by atoms with E-state index in [0.29, 0.717) is 40.5 Å². The molecule has 1 aliphatic rings. The second-order valence-electron chi connectivity index (χ2n) is 7.72. The molecule has 0 saturated carbocycles. The van der Waals surface area contributed by atoms with Gasteiger partial charge in [-0.1, -0.05) is 22.9 Å². The van der Waals surface area contributed by atoms with Crippen molar-refractivity contribution < 1.29 is 22.3 Å². The Morgan fingerprint density at radius 2 is 1.91 bits per heavy atom. The van der Waals surface area contributed by atoms with Crippen LogP contribution in [-0.2, 0) is 26.1 Å². The Labute approximate surface area is 200 Å². The summed E-state index contributed by atoms with van der Waals surface area (Å²) < 4.78 is 48.5. The molecule has 4 rings (SSSR count). The van der Waals surface area contributed by atoms with Gasteiger partial charge in [0.2, 0.25) is 10.0 Å². The van der Waals surface area contributed by atoms with Crippen molar-refractivity contribution in [1.29, 1.82) is 0 Å². The maximum atomic E-state index is 13.7. The number of benzene rings is 2. The molecule has 1 aliphatic heterocycles. The lowest BCUT2D eigenvalue weighted by Gasteiger charge is -2.29. The maximum absolute atomic E-state index is 13.7. The number of fused-ring (bicyclic) bond motifs is 1. The molecule has 0 bridgehead atoms. The van der Waals surface area contributed by atoms with Crippen molar-refractivity contribution in [3.63, 3.8) is 0 Å². The summed E-state index contributed by atoms with van der Waals surface area (Å²) >= 11 is 7.10. The Balaban J connectivity index is 1.52. The van der Waals surface area contributed by atoms with E-state index in [2.05, 4.69) is 4.99 Å². The normalized spacial score (nSPS) is 16.5. The van der Waals surface area contributed by atoms with Gasteiger partial charge in [0.1, 0.15) is 5.82 Å². The molecule has 11 heteroatoms. The molecule has 1 saturated heterocycles. The standard InChI is InChI=1S/C22H23ClFN3O4S2/c1-31-13-12-27-19-7-4-17(24)14-20(19)32-22(27)25-21(28)15-8-10-26(11-9-15)33(29,30)18-5-2-16(23)3-6-18/h2-7,14-15H,8-13H2,1H3. The highest BCUT2D eigenvalue weighted by atomic mass is 35.5. The Hall–Kier alpha value is -2.11. The van der Waals surface area contributed by atoms with Crippen molar-refractivity contribution in [3.8, 4) is 0 Å². The number of nitrogens with zero attached hydrogens (tertiary/aromatic N) is 3. The number of methoxy groups -OCH3 is 1. The zero-order valence-corrected chi connectivity index (χ0v) is 20.3. The third-order valence-electron chi connectivity index (χ3n) is 5.62. The van der Waals surface area contributed by atoms with Gasteiger partial charge in [-0.25, -0.2) is 12.8 Å². The second kappa shape index (κ2) is 10.0. The summed E-state index contributed by atoms with van der Waals surface area (Å²) in [5.74, 6) is -1.02. The summed E-state index contributed by atoms with van der Waals surface area (Å²) in [6.07, 6.45) is 0.763. The predicted octanol–water partition coefficient (Wildman–Crippen LogP) is 3.67. The molecule has 1 aromatic heterocycles. The van der Waals surface area contributed by atoms with Gasteiger partial charge >= 0.3 is 0 Å². The Kier molecular flexibility index (Phi) is 7.30. The van der Waals surface area contributed by atoms with Crippen LogP contribution in [0.4, 0.5) is 4.39 Å². The molecular formula is C22H23ClFN3O4S2. The molecule has 0 radical (unpaired) electrons. The van der Waals surface area contributed by atoms with Gasteiger partial charge < -0.3 is 9.30 Å². The van der Waals surface area contributed by atoms with Crippen molar-refractivity contribution in [2.75, 3.05) is 26.8 Å². The molecule has 7 nitrogen and oxygen atoms in total. The molecule has 2 aromatic carbocycles. The number of hydrogen-bond donors (Lipinski definition) is 0. The lowest BCUT2D eigenvalue weighted by Crippen LogP contribution is -2.40. The third-order valence-corrected chi connectivity index (χ3v) is 8.83. The van der Waals surface area contributed by atoms with Gasteiger partial charge in [-0.2, -0.15) is 9.30 Å².